The maximum Gasteiger partial charge on any atom is 0.0693 e. The molecule has 0 amide bonds. The molecule has 0 spiro atoms. The van der Waals surface area contributed by atoms with Crippen molar-refractivity contribution in [3.8, 4) is 0 Å². The maximum atomic E-state index is 10.0. The van der Waals surface area contributed by atoms with Crippen molar-refractivity contribution < 1.29 is 5.11 Å². The van der Waals surface area contributed by atoms with Gasteiger partial charge in [-0.2, -0.15) is 0 Å². The molecular formula is C14H24N2O. The van der Waals surface area contributed by atoms with E-state index in [1.54, 1.807) is 0 Å². The second-order valence-corrected chi connectivity index (χ2v) is 5.04. The van der Waals surface area contributed by atoms with Crippen LogP contribution in [0, 0.1) is 0 Å². The molecular weight excluding hydrogens is 212 g/mol. The van der Waals surface area contributed by atoms with E-state index < -0.39 is 0 Å². The molecule has 2 atom stereocenters. The minimum Gasteiger partial charge on any atom is -0.392 e. The van der Waals surface area contributed by atoms with Gasteiger partial charge in [0.2, 0.25) is 0 Å². The number of nitrogens with zero attached hydrogens (tertiary/aromatic N) is 1. The number of hydrogen-bond donors (Lipinski definition) is 2. The van der Waals surface area contributed by atoms with Crippen molar-refractivity contribution in [2.75, 3.05) is 0 Å². The summed E-state index contributed by atoms with van der Waals surface area (Å²) in [6.07, 6.45) is 9.86. The molecule has 2 unspecified atom stereocenters. The normalized spacial score (nSPS) is 25.8. The maximum absolute atomic E-state index is 10.0. The van der Waals surface area contributed by atoms with Crippen LogP contribution in [0.5, 0.6) is 0 Å². The van der Waals surface area contributed by atoms with Crippen molar-refractivity contribution >= 4 is 0 Å². The van der Waals surface area contributed by atoms with Crippen LogP contribution < -0.4 is 5.32 Å². The van der Waals surface area contributed by atoms with E-state index in [-0.39, 0.29) is 12.1 Å². The Balaban J connectivity index is 1.83. The second-order valence-electron chi connectivity index (χ2n) is 5.04. The van der Waals surface area contributed by atoms with Crippen molar-refractivity contribution in [2.24, 2.45) is 0 Å². The molecule has 0 radical (unpaired) electrons. The first-order chi connectivity index (χ1) is 8.29. The van der Waals surface area contributed by atoms with Crippen LogP contribution in [0.25, 0.3) is 0 Å². The van der Waals surface area contributed by atoms with Crippen LogP contribution in [-0.4, -0.2) is 21.8 Å². The summed E-state index contributed by atoms with van der Waals surface area (Å²) in [5, 5.41) is 13.5. The van der Waals surface area contributed by atoms with Crippen LogP contribution in [0.1, 0.15) is 44.6 Å². The Labute approximate surface area is 104 Å². The molecule has 0 aliphatic heterocycles. The molecule has 1 aromatic heterocycles. The number of rotatable bonds is 4. The fourth-order valence-corrected chi connectivity index (χ4v) is 2.57. The van der Waals surface area contributed by atoms with Gasteiger partial charge in [-0.3, -0.25) is 0 Å². The van der Waals surface area contributed by atoms with E-state index in [9.17, 15) is 5.11 Å². The highest BCUT2D eigenvalue weighted by molar-refractivity contribution is 5.10. The summed E-state index contributed by atoms with van der Waals surface area (Å²) >= 11 is 0. The van der Waals surface area contributed by atoms with E-state index in [1.165, 1.54) is 24.8 Å². The lowest BCUT2D eigenvalue weighted by Crippen LogP contribution is -2.38. The molecule has 2 N–H and O–H groups in total. The molecule has 96 valence electrons. The lowest BCUT2D eigenvalue weighted by Gasteiger charge is -2.21. The van der Waals surface area contributed by atoms with Crippen LogP contribution >= 0.6 is 0 Å². The van der Waals surface area contributed by atoms with E-state index in [0.717, 1.165) is 25.9 Å². The largest absolute Gasteiger partial charge is 0.392 e. The predicted molar refractivity (Wildman–Crippen MR) is 69.8 cm³/mol. The SMILES string of the molecule is CCn1ccc(CNC2CCCCCC2O)c1. The van der Waals surface area contributed by atoms with Crippen molar-refractivity contribution in [1.82, 2.24) is 9.88 Å². The third-order valence-corrected chi connectivity index (χ3v) is 3.72. The minimum absolute atomic E-state index is 0.161. The summed E-state index contributed by atoms with van der Waals surface area (Å²) in [6, 6.07) is 2.43. The number of aliphatic hydroxyl groups is 1. The van der Waals surface area contributed by atoms with Crippen LogP contribution in [0.4, 0.5) is 0 Å². The van der Waals surface area contributed by atoms with E-state index in [1.807, 2.05) is 0 Å². The molecule has 3 heteroatoms. The van der Waals surface area contributed by atoms with Gasteiger partial charge >= 0.3 is 0 Å². The van der Waals surface area contributed by atoms with Gasteiger partial charge in [0.1, 0.15) is 0 Å². The zero-order chi connectivity index (χ0) is 12.1. The van der Waals surface area contributed by atoms with Gasteiger partial charge in [0.15, 0.2) is 0 Å². The van der Waals surface area contributed by atoms with Crippen LogP contribution in [-0.2, 0) is 13.1 Å². The molecule has 1 aliphatic rings. The summed E-state index contributed by atoms with van der Waals surface area (Å²) < 4.78 is 2.18. The Bertz CT molecular complexity index is 335. The van der Waals surface area contributed by atoms with E-state index in [2.05, 4.69) is 35.3 Å². The zero-order valence-electron chi connectivity index (χ0n) is 10.7. The quantitative estimate of drug-likeness (QED) is 0.787. The molecule has 0 aromatic carbocycles. The van der Waals surface area contributed by atoms with Gasteiger partial charge in [-0.05, 0) is 31.4 Å². The summed E-state index contributed by atoms with van der Waals surface area (Å²) in [4.78, 5) is 0. The summed E-state index contributed by atoms with van der Waals surface area (Å²) in [6.45, 7) is 4.03. The highest BCUT2D eigenvalue weighted by Crippen LogP contribution is 2.18. The molecule has 0 saturated heterocycles. The summed E-state index contributed by atoms with van der Waals surface area (Å²) in [7, 11) is 0. The van der Waals surface area contributed by atoms with Crippen LogP contribution in [0.3, 0.4) is 0 Å². The number of aryl methyl sites for hydroxylation is 1. The van der Waals surface area contributed by atoms with Crippen molar-refractivity contribution in [2.45, 2.75) is 64.3 Å². The van der Waals surface area contributed by atoms with Gasteiger partial charge in [0.05, 0.1) is 6.10 Å². The molecule has 17 heavy (non-hydrogen) atoms. The standard InChI is InChI=1S/C14H24N2O/c1-2-16-9-8-12(11-16)10-15-13-6-4-3-5-7-14(13)17/h8-9,11,13-15,17H,2-7,10H2,1H3. The van der Waals surface area contributed by atoms with Gasteiger partial charge in [-0.25, -0.2) is 0 Å². The van der Waals surface area contributed by atoms with Crippen molar-refractivity contribution in [1.29, 1.82) is 0 Å². The number of aliphatic hydroxyl groups excluding tert-OH is 1. The van der Waals surface area contributed by atoms with E-state index >= 15 is 0 Å². The average molecular weight is 236 g/mol. The Morgan fingerprint density at radius 2 is 2.18 bits per heavy atom. The molecule has 2 rings (SSSR count). The molecule has 1 heterocycles. The van der Waals surface area contributed by atoms with Gasteiger partial charge in [-0.1, -0.05) is 19.3 Å². The molecule has 1 aromatic rings. The van der Waals surface area contributed by atoms with Gasteiger partial charge in [-0.15, -0.1) is 0 Å². The van der Waals surface area contributed by atoms with Gasteiger partial charge in [0.25, 0.3) is 0 Å². The lowest BCUT2D eigenvalue weighted by atomic mass is 10.1. The number of nitrogens with one attached hydrogen (secondary N) is 1. The first-order valence-electron chi connectivity index (χ1n) is 6.85. The fraction of sp³-hybridized carbons (Fsp3) is 0.714. The van der Waals surface area contributed by atoms with Crippen molar-refractivity contribution in [3.05, 3.63) is 24.0 Å². The van der Waals surface area contributed by atoms with Crippen LogP contribution in [0.2, 0.25) is 0 Å². The predicted octanol–water partition coefficient (Wildman–Crippen LogP) is 2.29. The highest BCUT2D eigenvalue weighted by atomic mass is 16.3. The fourth-order valence-electron chi connectivity index (χ4n) is 2.57. The first-order valence-corrected chi connectivity index (χ1v) is 6.85. The molecule has 1 fully saturated rings. The van der Waals surface area contributed by atoms with Gasteiger partial charge < -0.3 is 15.0 Å². The highest BCUT2D eigenvalue weighted by Gasteiger charge is 2.20. The summed E-state index contributed by atoms with van der Waals surface area (Å²) in [5.74, 6) is 0. The Morgan fingerprint density at radius 1 is 1.35 bits per heavy atom. The van der Waals surface area contributed by atoms with Gasteiger partial charge in [0, 0.05) is 31.5 Å². The molecule has 1 aliphatic carbocycles. The second kappa shape index (κ2) is 6.22. The molecule has 0 bridgehead atoms. The Kier molecular flexibility index (Phi) is 4.63. The van der Waals surface area contributed by atoms with E-state index in [0.29, 0.717) is 0 Å². The Hall–Kier alpha value is -0.800. The zero-order valence-corrected chi connectivity index (χ0v) is 10.7. The monoisotopic (exact) mass is 236 g/mol. The topological polar surface area (TPSA) is 37.2 Å². The van der Waals surface area contributed by atoms with Crippen molar-refractivity contribution in [3.63, 3.8) is 0 Å². The third kappa shape index (κ3) is 3.58. The smallest absolute Gasteiger partial charge is 0.0693 e. The Morgan fingerprint density at radius 3 is 2.94 bits per heavy atom. The first kappa shape index (κ1) is 12.7. The average Bonchev–Trinajstić information content (AvgIpc) is 2.70. The molecule has 1 saturated carbocycles. The molecule has 3 nitrogen and oxygen atoms in total. The lowest BCUT2D eigenvalue weighted by molar-refractivity contribution is 0.119. The summed E-state index contributed by atoms with van der Waals surface area (Å²) in [5.41, 5.74) is 1.31. The van der Waals surface area contributed by atoms with E-state index in [4.69, 9.17) is 0 Å². The third-order valence-electron chi connectivity index (χ3n) is 3.72. The number of hydrogen-bond acceptors (Lipinski definition) is 2. The minimum atomic E-state index is -0.161. The number of aromatic nitrogens is 1. The van der Waals surface area contributed by atoms with Crippen LogP contribution in [0.15, 0.2) is 18.5 Å².